The molecule has 2 aromatic rings. The number of ether oxygens (including phenoxy) is 3. The molecule has 0 heterocycles. The number of nitrogens with one attached hydrogen (secondary N) is 1. The highest BCUT2D eigenvalue weighted by Crippen LogP contribution is 2.41. The Labute approximate surface area is 196 Å². The fraction of sp³-hybridized carbons (Fsp3) is 0.481. The zero-order valence-corrected chi connectivity index (χ0v) is 20.1. The molecule has 6 heteroatoms. The number of hydrogen-bond donors (Lipinski definition) is 1. The van der Waals surface area contributed by atoms with E-state index in [2.05, 4.69) is 5.32 Å². The van der Waals surface area contributed by atoms with Crippen LogP contribution in [0.2, 0.25) is 0 Å². The van der Waals surface area contributed by atoms with Crippen LogP contribution < -0.4 is 14.8 Å². The van der Waals surface area contributed by atoms with Crippen LogP contribution in [0.25, 0.3) is 0 Å². The van der Waals surface area contributed by atoms with Crippen LogP contribution >= 0.6 is 0 Å². The number of hydrogen-bond acceptors (Lipinski definition) is 5. The molecule has 0 saturated heterocycles. The lowest BCUT2D eigenvalue weighted by atomic mass is 9.68. The largest absolute Gasteiger partial charge is 0.497 e. The van der Waals surface area contributed by atoms with Crippen molar-refractivity contribution in [1.82, 2.24) is 0 Å². The second kappa shape index (κ2) is 11.2. The number of methoxy groups -OCH3 is 1. The van der Waals surface area contributed by atoms with Crippen LogP contribution in [0.4, 0.5) is 5.69 Å². The van der Waals surface area contributed by atoms with Crippen molar-refractivity contribution < 1.29 is 23.8 Å². The molecular weight excluding hydrogens is 418 g/mol. The van der Waals surface area contributed by atoms with Gasteiger partial charge in [0.2, 0.25) is 5.91 Å². The van der Waals surface area contributed by atoms with Crippen molar-refractivity contribution in [2.45, 2.75) is 70.8 Å². The first-order valence-corrected chi connectivity index (χ1v) is 11.9. The third-order valence-corrected chi connectivity index (χ3v) is 6.42. The van der Waals surface area contributed by atoms with Crippen LogP contribution in [0.15, 0.2) is 42.5 Å². The second-order valence-corrected chi connectivity index (χ2v) is 8.59. The Morgan fingerprint density at radius 1 is 1.03 bits per heavy atom. The molecule has 0 spiro atoms. The molecule has 0 aromatic heterocycles. The van der Waals surface area contributed by atoms with E-state index in [1.165, 1.54) is 0 Å². The number of esters is 1. The molecule has 0 bridgehead atoms. The van der Waals surface area contributed by atoms with Crippen molar-refractivity contribution in [1.29, 1.82) is 0 Å². The van der Waals surface area contributed by atoms with Crippen LogP contribution in [-0.4, -0.2) is 31.7 Å². The molecule has 178 valence electrons. The molecule has 1 amide bonds. The van der Waals surface area contributed by atoms with Gasteiger partial charge in [0.25, 0.3) is 0 Å². The molecule has 2 aromatic carbocycles. The monoisotopic (exact) mass is 453 g/mol. The Morgan fingerprint density at radius 3 is 2.33 bits per heavy atom. The van der Waals surface area contributed by atoms with E-state index in [0.717, 1.165) is 49.8 Å². The van der Waals surface area contributed by atoms with E-state index in [9.17, 15) is 9.59 Å². The summed E-state index contributed by atoms with van der Waals surface area (Å²) in [6.07, 6.45) is 5.45. The standard InChI is InChI=1S/C27H35NO5/c1-5-19(3)33-24-15-12-21(18-23(24)25(29)32-6-2)28-26(30)27(16-8-7-9-17-27)20-10-13-22(31-4)14-11-20/h10-15,18-19H,5-9,16-17H2,1-4H3,(H,28,30)/t19-/m1/s1. The molecule has 1 saturated carbocycles. The minimum absolute atomic E-state index is 0.0424. The van der Waals surface area contributed by atoms with Crippen LogP contribution in [0, 0.1) is 0 Å². The smallest absolute Gasteiger partial charge is 0.341 e. The number of amides is 1. The Bertz CT molecular complexity index is 947. The Hall–Kier alpha value is -3.02. The summed E-state index contributed by atoms with van der Waals surface area (Å²) in [5.41, 5.74) is 1.25. The zero-order valence-electron chi connectivity index (χ0n) is 20.1. The van der Waals surface area contributed by atoms with Gasteiger partial charge in [0.15, 0.2) is 0 Å². The number of anilines is 1. The Balaban J connectivity index is 1.91. The van der Waals surface area contributed by atoms with Gasteiger partial charge < -0.3 is 19.5 Å². The molecule has 3 rings (SSSR count). The Kier molecular flexibility index (Phi) is 8.37. The predicted molar refractivity (Wildman–Crippen MR) is 129 cm³/mol. The molecule has 0 unspecified atom stereocenters. The van der Waals surface area contributed by atoms with E-state index in [0.29, 0.717) is 17.0 Å². The lowest BCUT2D eigenvalue weighted by Crippen LogP contribution is -2.42. The highest BCUT2D eigenvalue weighted by Gasteiger charge is 2.41. The van der Waals surface area contributed by atoms with Gasteiger partial charge in [0.1, 0.15) is 17.1 Å². The summed E-state index contributed by atoms with van der Waals surface area (Å²) in [4.78, 5) is 26.3. The summed E-state index contributed by atoms with van der Waals surface area (Å²) in [6.45, 7) is 6.00. The van der Waals surface area contributed by atoms with Gasteiger partial charge in [-0.25, -0.2) is 4.79 Å². The number of carbonyl (C=O) groups excluding carboxylic acids is 2. The maximum atomic E-state index is 13.7. The molecule has 1 fully saturated rings. The lowest BCUT2D eigenvalue weighted by Gasteiger charge is -2.36. The number of rotatable bonds is 9. The average Bonchev–Trinajstić information content (AvgIpc) is 2.85. The molecular formula is C27H35NO5. The number of benzene rings is 2. The average molecular weight is 454 g/mol. The summed E-state index contributed by atoms with van der Waals surface area (Å²) in [5, 5.41) is 3.08. The molecule has 6 nitrogen and oxygen atoms in total. The molecule has 1 atom stereocenters. The van der Waals surface area contributed by atoms with Crippen molar-refractivity contribution in [3.05, 3.63) is 53.6 Å². The van der Waals surface area contributed by atoms with Gasteiger partial charge in [0.05, 0.1) is 25.2 Å². The topological polar surface area (TPSA) is 73.9 Å². The number of carbonyl (C=O) groups is 2. The molecule has 1 aliphatic carbocycles. The van der Waals surface area contributed by atoms with Crippen molar-refractivity contribution in [3.63, 3.8) is 0 Å². The van der Waals surface area contributed by atoms with Crippen molar-refractivity contribution >= 4 is 17.6 Å². The summed E-state index contributed by atoms with van der Waals surface area (Å²) < 4.78 is 16.4. The van der Waals surface area contributed by atoms with E-state index in [1.54, 1.807) is 32.2 Å². The molecule has 0 aliphatic heterocycles. The lowest BCUT2D eigenvalue weighted by molar-refractivity contribution is -0.122. The molecule has 1 N–H and O–H groups in total. The summed E-state index contributed by atoms with van der Waals surface area (Å²) >= 11 is 0. The van der Waals surface area contributed by atoms with Gasteiger partial charge >= 0.3 is 5.97 Å². The first kappa shape index (κ1) is 24.6. The first-order valence-electron chi connectivity index (χ1n) is 11.9. The molecule has 0 radical (unpaired) electrons. The minimum atomic E-state index is -0.611. The predicted octanol–water partition coefficient (Wildman–Crippen LogP) is 5.89. The summed E-state index contributed by atoms with van der Waals surface area (Å²) in [7, 11) is 1.63. The van der Waals surface area contributed by atoms with Crippen molar-refractivity contribution in [2.24, 2.45) is 0 Å². The van der Waals surface area contributed by atoms with E-state index in [-0.39, 0.29) is 18.6 Å². The summed E-state index contributed by atoms with van der Waals surface area (Å²) in [5.74, 6) is 0.705. The van der Waals surface area contributed by atoms with Crippen LogP contribution in [0.1, 0.15) is 75.2 Å². The quantitative estimate of drug-likeness (QED) is 0.479. The van der Waals surface area contributed by atoms with Gasteiger partial charge in [-0.05, 0) is 69.0 Å². The normalized spacial score (nSPS) is 15.9. The second-order valence-electron chi connectivity index (χ2n) is 8.59. The first-order chi connectivity index (χ1) is 15.9. The third-order valence-electron chi connectivity index (χ3n) is 6.42. The van der Waals surface area contributed by atoms with Gasteiger partial charge in [0, 0.05) is 5.69 Å². The Morgan fingerprint density at radius 2 is 1.73 bits per heavy atom. The maximum absolute atomic E-state index is 13.7. The van der Waals surface area contributed by atoms with Gasteiger partial charge in [-0.3, -0.25) is 4.79 Å². The third kappa shape index (κ3) is 5.67. The zero-order chi connectivity index (χ0) is 23.8. The van der Waals surface area contributed by atoms with Crippen LogP contribution in [0.3, 0.4) is 0 Å². The highest BCUT2D eigenvalue weighted by atomic mass is 16.5. The van der Waals surface area contributed by atoms with E-state index >= 15 is 0 Å². The summed E-state index contributed by atoms with van der Waals surface area (Å²) in [6, 6.07) is 12.9. The molecule has 1 aliphatic rings. The van der Waals surface area contributed by atoms with Crippen molar-refractivity contribution in [2.75, 3.05) is 19.0 Å². The van der Waals surface area contributed by atoms with E-state index in [4.69, 9.17) is 14.2 Å². The van der Waals surface area contributed by atoms with Crippen LogP contribution in [-0.2, 0) is 14.9 Å². The van der Waals surface area contributed by atoms with E-state index in [1.807, 2.05) is 38.1 Å². The van der Waals surface area contributed by atoms with E-state index < -0.39 is 11.4 Å². The van der Waals surface area contributed by atoms with Crippen molar-refractivity contribution in [3.8, 4) is 11.5 Å². The molecule has 33 heavy (non-hydrogen) atoms. The van der Waals surface area contributed by atoms with Gasteiger partial charge in [-0.15, -0.1) is 0 Å². The minimum Gasteiger partial charge on any atom is -0.497 e. The highest BCUT2D eigenvalue weighted by molar-refractivity contribution is 6.01. The fourth-order valence-corrected chi connectivity index (χ4v) is 4.34. The maximum Gasteiger partial charge on any atom is 0.341 e. The van der Waals surface area contributed by atoms with Crippen LogP contribution in [0.5, 0.6) is 11.5 Å². The SMILES string of the molecule is CCOC(=O)c1cc(NC(=O)C2(c3ccc(OC)cc3)CCCCC2)ccc1O[C@H](C)CC. The van der Waals surface area contributed by atoms with Gasteiger partial charge in [-0.2, -0.15) is 0 Å². The fourth-order valence-electron chi connectivity index (χ4n) is 4.34. The van der Waals surface area contributed by atoms with Gasteiger partial charge in [-0.1, -0.05) is 38.3 Å².